The van der Waals surface area contributed by atoms with Gasteiger partial charge in [0.1, 0.15) is 5.75 Å². The van der Waals surface area contributed by atoms with E-state index < -0.39 is 12.1 Å². The first kappa shape index (κ1) is 12.9. The monoisotopic (exact) mass is 258 g/mol. The van der Waals surface area contributed by atoms with Crippen molar-refractivity contribution in [2.24, 2.45) is 0 Å². The molecule has 2 N–H and O–H groups in total. The molecule has 90 valence electrons. The minimum atomic E-state index is -4.77. The maximum atomic E-state index is 11.8. The van der Waals surface area contributed by atoms with Gasteiger partial charge < -0.3 is 4.74 Å². The SMILES string of the molecule is ON(SNF)c1ccc(OC(F)(F)F)cc1. The van der Waals surface area contributed by atoms with Gasteiger partial charge in [-0.15, -0.1) is 17.7 Å². The van der Waals surface area contributed by atoms with Gasteiger partial charge in [-0.2, -0.15) is 4.47 Å². The molecule has 0 amide bonds. The molecule has 0 saturated carbocycles. The molecule has 0 aromatic heterocycles. The van der Waals surface area contributed by atoms with Crippen molar-refractivity contribution in [2.75, 3.05) is 4.47 Å². The number of nitrogens with one attached hydrogen (secondary N) is 1. The Bertz CT molecular complexity index is 332. The summed E-state index contributed by atoms with van der Waals surface area (Å²) in [6.07, 6.45) is -4.77. The standard InChI is InChI=1S/C7H6F4N2O2S/c8-7(9,10)15-6-3-1-5(2-4-6)13(14)16-12-11/h1-4,12,14H. The minimum Gasteiger partial charge on any atom is -0.406 e. The molecule has 0 aliphatic rings. The lowest BCUT2D eigenvalue weighted by Gasteiger charge is -2.13. The van der Waals surface area contributed by atoms with E-state index in [1.54, 1.807) is 0 Å². The van der Waals surface area contributed by atoms with Crippen molar-refractivity contribution < 1.29 is 27.6 Å². The van der Waals surface area contributed by atoms with Crippen molar-refractivity contribution in [3.63, 3.8) is 0 Å². The highest BCUT2D eigenvalue weighted by Crippen LogP contribution is 2.26. The van der Waals surface area contributed by atoms with E-state index in [1.165, 1.54) is 0 Å². The van der Waals surface area contributed by atoms with Crippen LogP contribution in [0.15, 0.2) is 24.3 Å². The summed E-state index contributed by atoms with van der Waals surface area (Å²) in [6.45, 7) is 0. The van der Waals surface area contributed by atoms with E-state index in [0.717, 1.165) is 29.2 Å². The van der Waals surface area contributed by atoms with Gasteiger partial charge >= 0.3 is 6.36 Å². The Morgan fingerprint density at radius 1 is 1.25 bits per heavy atom. The molecule has 0 atom stereocenters. The number of halogens is 4. The van der Waals surface area contributed by atoms with Crippen LogP contribution < -0.4 is 14.1 Å². The van der Waals surface area contributed by atoms with E-state index >= 15 is 0 Å². The van der Waals surface area contributed by atoms with Crippen molar-refractivity contribution in [1.82, 2.24) is 4.94 Å². The summed E-state index contributed by atoms with van der Waals surface area (Å²) in [6, 6.07) is 4.24. The van der Waals surface area contributed by atoms with Crippen LogP contribution in [0.4, 0.5) is 23.3 Å². The molecule has 0 fully saturated rings. The normalized spacial score (nSPS) is 11.3. The summed E-state index contributed by atoms with van der Waals surface area (Å²) in [4.78, 5) is 1.10. The maximum absolute atomic E-state index is 11.8. The molecule has 0 radical (unpaired) electrons. The van der Waals surface area contributed by atoms with Crippen molar-refractivity contribution in [1.29, 1.82) is 0 Å². The fourth-order valence-corrected chi connectivity index (χ4v) is 1.15. The van der Waals surface area contributed by atoms with E-state index in [-0.39, 0.29) is 17.8 Å². The first-order valence-electron chi connectivity index (χ1n) is 3.80. The molecule has 0 saturated heterocycles. The Hall–Kier alpha value is -1.19. The van der Waals surface area contributed by atoms with E-state index in [2.05, 4.69) is 4.74 Å². The number of hydrogen-bond donors (Lipinski definition) is 2. The Morgan fingerprint density at radius 3 is 2.25 bits per heavy atom. The lowest BCUT2D eigenvalue weighted by atomic mass is 10.3. The highest BCUT2D eigenvalue weighted by molar-refractivity contribution is 7.98. The predicted molar refractivity (Wildman–Crippen MR) is 49.2 cm³/mol. The van der Waals surface area contributed by atoms with Gasteiger partial charge in [0.05, 0.1) is 17.8 Å². The van der Waals surface area contributed by atoms with Crippen molar-refractivity contribution in [3.8, 4) is 5.75 Å². The van der Waals surface area contributed by atoms with Crippen molar-refractivity contribution >= 4 is 17.8 Å². The van der Waals surface area contributed by atoms with Crippen LogP contribution in [-0.4, -0.2) is 11.6 Å². The lowest BCUT2D eigenvalue weighted by molar-refractivity contribution is -0.274. The summed E-state index contributed by atoms with van der Waals surface area (Å²) in [5, 5.41) is 9.07. The largest absolute Gasteiger partial charge is 0.573 e. The predicted octanol–water partition coefficient (Wildman–Crippen LogP) is 2.82. The van der Waals surface area contributed by atoms with Crippen LogP contribution in [0.25, 0.3) is 0 Å². The Labute approximate surface area is 92.0 Å². The summed E-state index contributed by atoms with van der Waals surface area (Å²) in [5.41, 5.74) is 0.0877. The molecular formula is C7H6F4N2O2S. The molecule has 0 heterocycles. The molecule has 16 heavy (non-hydrogen) atoms. The molecular weight excluding hydrogens is 252 g/mol. The van der Waals surface area contributed by atoms with Crippen LogP contribution in [-0.2, 0) is 0 Å². The number of rotatable bonds is 4. The molecule has 4 nitrogen and oxygen atoms in total. The third kappa shape index (κ3) is 4.13. The van der Waals surface area contributed by atoms with E-state index in [9.17, 15) is 17.7 Å². The summed E-state index contributed by atoms with van der Waals surface area (Å²) < 4.78 is 50.9. The van der Waals surface area contributed by atoms with Gasteiger partial charge in [-0.25, -0.2) is 0 Å². The quantitative estimate of drug-likeness (QED) is 0.376. The number of anilines is 1. The average Bonchev–Trinajstić information content (AvgIpc) is 2.16. The van der Waals surface area contributed by atoms with Crippen LogP contribution in [0.2, 0.25) is 0 Å². The minimum absolute atomic E-state index is 0.0877. The Balaban J connectivity index is 2.68. The lowest BCUT2D eigenvalue weighted by Crippen LogP contribution is -2.17. The van der Waals surface area contributed by atoms with E-state index in [0.29, 0.717) is 4.47 Å². The third-order valence-corrected chi connectivity index (χ3v) is 1.86. The molecule has 0 aliphatic carbocycles. The van der Waals surface area contributed by atoms with E-state index in [4.69, 9.17) is 5.21 Å². The van der Waals surface area contributed by atoms with Gasteiger partial charge in [0.15, 0.2) is 0 Å². The van der Waals surface area contributed by atoms with Gasteiger partial charge in [-0.05, 0) is 24.3 Å². The average molecular weight is 258 g/mol. The summed E-state index contributed by atoms with van der Waals surface area (Å²) >= 11 is 0.213. The second-order valence-electron chi connectivity index (χ2n) is 2.48. The number of alkyl halides is 3. The third-order valence-electron chi connectivity index (χ3n) is 1.41. The second kappa shape index (κ2) is 5.23. The van der Waals surface area contributed by atoms with Crippen LogP contribution >= 0.6 is 12.1 Å². The Kier molecular flexibility index (Phi) is 4.21. The second-order valence-corrected chi connectivity index (χ2v) is 3.17. The molecule has 1 aromatic carbocycles. The molecule has 9 heteroatoms. The number of ether oxygens (including phenoxy) is 1. The molecule has 0 spiro atoms. The van der Waals surface area contributed by atoms with Gasteiger partial charge in [0.25, 0.3) is 0 Å². The zero-order chi connectivity index (χ0) is 12.2. The van der Waals surface area contributed by atoms with Gasteiger partial charge in [0, 0.05) is 0 Å². The summed E-state index contributed by atoms with van der Waals surface area (Å²) in [7, 11) is 0. The number of nitrogens with zero attached hydrogens (tertiary/aromatic N) is 1. The molecule has 0 bridgehead atoms. The molecule has 1 rings (SSSR count). The van der Waals surface area contributed by atoms with Crippen LogP contribution in [0.3, 0.4) is 0 Å². The van der Waals surface area contributed by atoms with Gasteiger partial charge in [0.2, 0.25) is 0 Å². The molecule has 0 unspecified atom stereocenters. The fraction of sp³-hybridized carbons (Fsp3) is 0.143. The summed E-state index contributed by atoms with van der Waals surface area (Å²) in [5.74, 6) is -0.428. The molecule has 0 aliphatic heterocycles. The van der Waals surface area contributed by atoms with Crippen molar-refractivity contribution in [2.45, 2.75) is 6.36 Å². The van der Waals surface area contributed by atoms with Gasteiger partial charge in [-0.3, -0.25) is 5.21 Å². The van der Waals surface area contributed by atoms with Crippen molar-refractivity contribution in [3.05, 3.63) is 24.3 Å². The molecule has 1 aromatic rings. The maximum Gasteiger partial charge on any atom is 0.573 e. The first-order chi connectivity index (χ1) is 7.42. The Morgan fingerprint density at radius 2 is 1.81 bits per heavy atom. The highest BCUT2D eigenvalue weighted by atomic mass is 32.2. The zero-order valence-corrected chi connectivity index (χ0v) is 8.35. The van der Waals surface area contributed by atoms with Gasteiger partial charge in [-0.1, -0.05) is 4.94 Å². The highest BCUT2D eigenvalue weighted by Gasteiger charge is 2.30. The van der Waals surface area contributed by atoms with Crippen LogP contribution in [0.1, 0.15) is 0 Å². The number of benzene rings is 1. The topological polar surface area (TPSA) is 44.7 Å². The van der Waals surface area contributed by atoms with Crippen LogP contribution in [0.5, 0.6) is 5.75 Å². The fourth-order valence-electron chi connectivity index (χ4n) is 0.861. The zero-order valence-electron chi connectivity index (χ0n) is 7.53. The smallest absolute Gasteiger partial charge is 0.406 e. The number of hydrogen-bond acceptors (Lipinski definition) is 5. The van der Waals surface area contributed by atoms with E-state index in [1.807, 2.05) is 0 Å². The first-order valence-corrected chi connectivity index (χ1v) is 4.57. The van der Waals surface area contributed by atoms with Crippen LogP contribution in [0, 0.1) is 0 Å².